The molecule has 0 saturated heterocycles. The van der Waals surface area contributed by atoms with Crippen LogP contribution in [-0.2, 0) is 31.9 Å². The first-order valence-electron chi connectivity index (χ1n) is 17.7. The lowest BCUT2D eigenvalue weighted by atomic mass is 9.82. The molecule has 0 unspecified atom stereocenters. The Hall–Kier alpha value is -7.86. The van der Waals surface area contributed by atoms with E-state index in [2.05, 4.69) is 10.6 Å². The standard InChI is InChI=1S/C45H30N2O10/c48-34-19-17-32(38-40(34)44(54)30-7-3-1-5-28(30)42(38)52)46-26-13-9-24(10-14-26)21-36(50)56-23-57-37(51)22-25-11-15-27(16-12-25)47-33-18-20-35(49)41-39(33)43(53)29-6-2-4-8-31(29)45(41)55/h1-20,46-49H,21-23H2. The summed E-state index contributed by atoms with van der Waals surface area (Å²) in [5, 5.41) is 27.2. The highest BCUT2D eigenvalue weighted by molar-refractivity contribution is 6.32. The van der Waals surface area contributed by atoms with Crippen LogP contribution in [0.5, 0.6) is 11.5 Å². The van der Waals surface area contributed by atoms with Gasteiger partial charge in [0.1, 0.15) is 11.5 Å². The maximum absolute atomic E-state index is 13.4. The number of esters is 2. The molecule has 0 atom stereocenters. The second kappa shape index (κ2) is 14.8. The van der Waals surface area contributed by atoms with Gasteiger partial charge in [-0.1, -0.05) is 72.8 Å². The summed E-state index contributed by atoms with van der Waals surface area (Å²) in [5.41, 5.74) is 4.00. The van der Waals surface area contributed by atoms with Crippen LogP contribution in [0.15, 0.2) is 121 Å². The van der Waals surface area contributed by atoms with Crippen molar-refractivity contribution in [3.05, 3.63) is 177 Å². The number of carbonyl (C=O) groups is 6. The fourth-order valence-electron chi connectivity index (χ4n) is 6.94. The SMILES string of the molecule is O=C(Cc1ccc(Nc2ccc(O)c3c2C(=O)c2ccccc2C3=O)cc1)OCOC(=O)Cc1ccc(Nc2ccc(O)c3c2C(=O)c2ccccc2C3=O)cc1. The molecule has 0 radical (unpaired) electrons. The van der Waals surface area contributed by atoms with Gasteiger partial charge in [0.2, 0.25) is 6.79 Å². The Balaban J connectivity index is 0.826. The predicted molar refractivity (Wildman–Crippen MR) is 207 cm³/mol. The highest BCUT2D eigenvalue weighted by Gasteiger charge is 2.35. The molecule has 8 rings (SSSR count). The Morgan fingerprint density at radius 2 is 0.772 bits per heavy atom. The molecule has 2 aliphatic carbocycles. The lowest BCUT2D eigenvalue weighted by Gasteiger charge is -2.21. The molecule has 0 heterocycles. The number of nitrogens with one attached hydrogen (secondary N) is 2. The highest BCUT2D eigenvalue weighted by Crippen LogP contribution is 2.39. The van der Waals surface area contributed by atoms with Crippen LogP contribution in [0.25, 0.3) is 0 Å². The van der Waals surface area contributed by atoms with E-state index in [0.717, 1.165) is 0 Å². The van der Waals surface area contributed by atoms with E-state index >= 15 is 0 Å². The fraction of sp³-hybridized carbons (Fsp3) is 0.0667. The Morgan fingerprint density at radius 3 is 1.12 bits per heavy atom. The van der Waals surface area contributed by atoms with Crippen LogP contribution >= 0.6 is 0 Å². The van der Waals surface area contributed by atoms with Gasteiger partial charge in [-0.25, -0.2) is 0 Å². The van der Waals surface area contributed by atoms with E-state index in [-0.39, 0.29) is 80.4 Å². The summed E-state index contributed by atoms with van der Waals surface area (Å²) in [6.45, 7) is -0.583. The Morgan fingerprint density at radius 1 is 0.439 bits per heavy atom. The Bertz CT molecular complexity index is 2500. The number of ether oxygens (including phenoxy) is 2. The minimum absolute atomic E-state index is 0.0639. The lowest BCUT2D eigenvalue weighted by Crippen LogP contribution is -2.22. The average Bonchev–Trinajstić information content (AvgIpc) is 3.21. The van der Waals surface area contributed by atoms with Gasteiger partial charge in [0.15, 0.2) is 23.1 Å². The van der Waals surface area contributed by atoms with Crippen molar-refractivity contribution in [2.24, 2.45) is 0 Å². The second-order valence-electron chi connectivity index (χ2n) is 13.3. The van der Waals surface area contributed by atoms with E-state index in [4.69, 9.17) is 9.47 Å². The van der Waals surface area contributed by atoms with Crippen molar-refractivity contribution < 1.29 is 48.5 Å². The lowest BCUT2D eigenvalue weighted by molar-refractivity contribution is -0.166. The van der Waals surface area contributed by atoms with E-state index < -0.39 is 30.3 Å². The molecule has 280 valence electrons. The minimum atomic E-state index is -0.630. The van der Waals surface area contributed by atoms with Crippen molar-refractivity contribution in [1.29, 1.82) is 0 Å². The van der Waals surface area contributed by atoms with Gasteiger partial charge in [0, 0.05) is 33.6 Å². The number of fused-ring (bicyclic) bond motifs is 4. The quantitative estimate of drug-likeness (QED) is 0.0639. The molecule has 0 bridgehead atoms. The zero-order valence-electron chi connectivity index (χ0n) is 29.8. The summed E-state index contributed by atoms with van der Waals surface area (Å²) in [4.78, 5) is 78.0. The molecule has 6 aromatic rings. The molecule has 0 amide bonds. The topological polar surface area (TPSA) is 185 Å². The van der Waals surface area contributed by atoms with Crippen LogP contribution in [0.3, 0.4) is 0 Å². The van der Waals surface area contributed by atoms with Crippen molar-refractivity contribution in [2.75, 3.05) is 17.4 Å². The summed E-state index contributed by atoms with van der Waals surface area (Å²) in [6, 6.07) is 32.1. The van der Waals surface area contributed by atoms with Gasteiger partial charge < -0.3 is 30.3 Å². The third-order valence-corrected chi connectivity index (χ3v) is 9.71. The van der Waals surface area contributed by atoms with E-state index in [9.17, 15) is 39.0 Å². The second-order valence-corrected chi connectivity index (χ2v) is 13.3. The van der Waals surface area contributed by atoms with Gasteiger partial charge in [-0.2, -0.15) is 0 Å². The summed E-state index contributed by atoms with van der Waals surface area (Å²) < 4.78 is 10.2. The summed E-state index contributed by atoms with van der Waals surface area (Å²) in [7, 11) is 0. The number of hydrogen-bond acceptors (Lipinski definition) is 12. The molecule has 2 aliphatic rings. The minimum Gasteiger partial charge on any atom is -0.507 e. The van der Waals surface area contributed by atoms with Gasteiger partial charge in [-0.15, -0.1) is 0 Å². The molecular formula is C45H30N2O10. The maximum Gasteiger partial charge on any atom is 0.313 e. The van der Waals surface area contributed by atoms with E-state index in [1.807, 2.05) is 0 Å². The number of phenols is 2. The molecule has 0 saturated carbocycles. The van der Waals surface area contributed by atoms with Crippen LogP contribution in [0.2, 0.25) is 0 Å². The van der Waals surface area contributed by atoms with Gasteiger partial charge in [-0.05, 0) is 59.7 Å². The summed E-state index contributed by atoms with van der Waals surface area (Å²) in [6.07, 6.45) is -0.220. The zero-order valence-corrected chi connectivity index (χ0v) is 29.8. The molecule has 0 fully saturated rings. The number of aromatic hydroxyl groups is 2. The van der Waals surface area contributed by atoms with Gasteiger partial charge in [0.25, 0.3) is 0 Å². The third kappa shape index (κ3) is 6.87. The third-order valence-electron chi connectivity index (χ3n) is 9.71. The molecule has 0 spiro atoms. The largest absolute Gasteiger partial charge is 0.507 e. The van der Waals surface area contributed by atoms with Crippen molar-refractivity contribution in [1.82, 2.24) is 0 Å². The van der Waals surface area contributed by atoms with E-state index in [0.29, 0.717) is 33.9 Å². The highest BCUT2D eigenvalue weighted by atomic mass is 16.7. The van der Waals surface area contributed by atoms with E-state index in [1.54, 1.807) is 97.1 Å². The fourth-order valence-corrected chi connectivity index (χ4v) is 6.94. The monoisotopic (exact) mass is 758 g/mol. The summed E-state index contributed by atoms with van der Waals surface area (Å²) in [5.74, 6) is -3.50. The maximum atomic E-state index is 13.4. The first-order chi connectivity index (χ1) is 27.6. The van der Waals surface area contributed by atoms with Crippen LogP contribution in [-0.4, -0.2) is 52.1 Å². The van der Waals surface area contributed by atoms with Crippen LogP contribution in [0, 0.1) is 0 Å². The first-order valence-corrected chi connectivity index (χ1v) is 17.7. The molecule has 4 N–H and O–H groups in total. The molecule has 6 aromatic carbocycles. The normalized spacial score (nSPS) is 12.5. The Kier molecular flexibility index (Phi) is 9.36. The van der Waals surface area contributed by atoms with E-state index in [1.165, 1.54) is 24.3 Å². The number of hydrogen-bond donors (Lipinski definition) is 4. The van der Waals surface area contributed by atoms with Gasteiger partial charge >= 0.3 is 11.9 Å². The molecule has 0 aromatic heterocycles. The first kappa shape index (κ1) is 36.1. The van der Waals surface area contributed by atoms with Crippen molar-refractivity contribution in [3.8, 4) is 11.5 Å². The molecular weight excluding hydrogens is 728 g/mol. The smallest absolute Gasteiger partial charge is 0.313 e. The number of anilines is 4. The number of phenolic OH excluding ortho intramolecular Hbond substituents is 2. The van der Waals surface area contributed by atoms with Crippen LogP contribution in [0.4, 0.5) is 22.7 Å². The molecule has 0 aliphatic heterocycles. The van der Waals surface area contributed by atoms with Crippen molar-refractivity contribution >= 4 is 57.8 Å². The molecule has 12 heteroatoms. The zero-order chi connectivity index (χ0) is 39.8. The number of rotatable bonds is 10. The van der Waals surface area contributed by atoms with Gasteiger partial charge in [-0.3, -0.25) is 28.8 Å². The van der Waals surface area contributed by atoms with Crippen molar-refractivity contribution in [3.63, 3.8) is 0 Å². The summed E-state index contributed by atoms with van der Waals surface area (Å²) >= 11 is 0. The molecule has 57 heavy (non-hydrogen) atoms. The average molecular weight is 759 g/mol. The van der Waals surface area contributed by atoms with Crippen LogP contribution in [0.1, 0.15) is 74.8 Å². The number of benzene rings is 6. The number of ketones is 4. The van der Waals surface area contributed by atoms with Crippen LogP contribution < -0.4 is 10.6 Å². The van der Waals surface area contributed by atoms with Gasteiger partial charge in [0.05, 0.1) is 46.5 Å². The number of carbonyl (C=O) groups excluding carboxylic acids is 6. The Labute approximate surface area is 324 Å². The molecule has 12 nitrogen and oxygen atoms in total. The predicted octanol–water partition coefficient (Wildman–Crippen LogP) is 6.96. The van der Waals surface area contributed by atoms with Crippen molar-refractivity contribution in [2.45, 2.75) is 12.8 Å².